The van der Waals surface area contributed by atoms with Crippen LogP contribution in [0.2, 0.25) is 0 Å². The van der Waals surface area contributed by atoms with Crippen LogP contribution in [0.15, 0.2) is 46.9 Å². The van der Waals surface area contributed by atoms with Crippen LogP contribution in [0.3, 0.4) is 0 Å². The fourth-order valence-corrected chi connectivity index (χ4v) is 4.47. The van der Waals surface area contributed by atoms with Gasteiger partial charge < -0.3 is 5.32 Å². The van der Waals surface area contributed by atoms with Gasteiger partial charge in [0.25, 0.3) is 0 Å². The van der Waals surface area contributed by atoms with Crippen molar-refractivity contribution in [3.05, 3.63) is 68.5 Å². The first kappa shape index (κ1) is 22.4. The van der Waals surface area contributed by atoms with Gasteiger partial charge in [-0.2, -0.15) is 0 Å². The Hall–Kier alpha value is -2.31. The zero-order chi connectivity index (χ0) is 21.7. The lowest BCUT2D eigenvalue weighted by atomic mass is 10.0. The molecular weight excluding hydrogens is 460 g/mol. The van der Waals surface area contributed by atoms with Gasteiger partial charge in [0.1, 0.15) is 0 Å². The van der Waals surface area contributed by atoms with Crippen LogP contribution in [-0.2, 0) is 11.2 Å². The number of amides is 1. The van der Waals surface area contributed by atoms with E-state index in [0.29, 0.717) is 10.7 Å². The number of ketones is 1. The number of benzene rings is 2. The molecule has 0 unspecified atom stereocenters. The molecule has 0 atom stereocenters. The van der Waals surface area contributed by atoms with Crippen LogP contribution in [-0.4, -0.2) is 16.7 Å². The highest BCUT2D eigenvalue weighted by molar-refractivity contribution is 9.10. The zero-order valence-electron chi connectivity index (χ0n) is 17.4. The maximum absolute atomic E-state index is 12.4. The van der Waals surface area contributed by atoms with E-state index in [1.54, 1.807) is 0 Å². The van der Waals surface area contributed by atoms with Crippen LogP contribution in [0.1, 0.15) is 52.5 Å². The van der Waals surface area contributed by atoms with Crippen LogP contribution in [0.5, 0.6) is 0 Å². The fraction of sp³-hybridized carbons (Fsp3) is 0.292. The minimum absolute atomic E-state index is 0.0189. The van der Waals surface area contributed by atoms with Crippen molar-refractivity contribution in [3.8, 4) is 11.3 Å². The van der Waals surface area contributed by atoms with Gasteiger partial charge in [-0.1, -0.05) is 53.5 Å². The summed E-state index contributed by atoms with van der Waals surface area (Å²) in [4.78, 5) is 30.7. The highest BCUT2D eigenvalue weighted by atomic mass is 79.9. The lowest BCUT2D eigenvalue weighted by Crippen LogP contribution is -2.13. The van der Waals surface area contributed by atoms with E-state index >= 15 is 0 Å². The van der Waals surface area contributed by atoms with E-state index in [2.05, 4.69) is 33.2 Å². The minimum atomic E-state index is -0.189. The summed E-state index contributed by atoms with van der Waals surface area (Å²) in [5.74, 6) is -0.207. The van der Waals surface area contributed by atoms with E-state index in [1.807, 2.05) is 56.3 Å². The number of aromatic nitrogens is 1. The monoisotopic (exact) mass is 484 g/mol. The molecule has 0 spiro atoms. The highest BCUT2D eigenvalue weighted by Gasteiger charge is 2.16. The van der Waals surface area contributed by atoms with Gasteiger partial charge in [-0.25, -0.2) is 4.98 Å². The molecule has 3 rings (SSSR count). The second-order valence-corrected chi connectivity index (χ2v) is 9.32. The second kappa shape index (κ2) is 10.1. The van der Waals surface area contributed by atoms with Crippen LogP contribution < -0.4 is 5.32 Å². The zero-order valence-corrected chi connectivity index (χ0v) is 19.8. The SMILES string of the molecule is CCCc1sc(NC(=O)CCC(=O)c2ccc(C)c(C)c2)nc1-c1ccc(Br)cc1. The average Bonchev–Trinajstić information content (AvgIpc) is 3.11. The molecule has 30 heavy (non-hydrogen) atoms. The Balaban J connectivity index is 1.66. The molecule has 2 aromatic carbocycles. The highest BCUT2D eigenvalue weighted by Crippen LogP contribution is 2.33. The van der Waals surface area contributed by atoms with Gasteiger partial charge in [-0.05, 0) is 49.6 Å². The third-order valence-electron chi connectivity index (χ3n) is 4.95. The standard InChI is InChI=1S/C24H25BrN2O2S/c1-4-5-21-23(17-8-10-19(25)11-9-17)27-24(30-21)26-22(29)13-12-20(28)18-7-6-15(2)16(3)14-18/h6-11,14H,4-5,12-13H2,1-3H3,(H,26,27,29). The van der Waals surface area contributed by atoms with Crippen molar-refractivity contribution in [1.82, 2.24) is 4.98 Å². The van der Waals surface area contributed by atoms with Gasteiger partial charge in [0.2, 0.25) is 5.91 Å². The molecule has 1 amide bonds. The summed E-state index contributed by atoms with van der Waals surface area (Å²) in [6.07, 6.45) is 2.23. The van der Waals surface area contributed by atoms with Crippen molar-refractivity contribution in [2.24, 2.45) is 0 Å². The lowest BCUT2D eigenvalue weighted by Gasteiger charge is -2.05. The molecule has 1 heterocycles. The number of nitrogens with one attached hydrogen (secondary N) is 1. The normalized spacial score (nSPS) is 10.8. The second-order valence-electron chi connectivity index (χ2n) is 7.32. The number of aryl methyl sites for hydroxylation is 3. The molecule has 0 aliphatic rings. The van der Waals surface area contributed by atoms with Gasteiger partial charge in [0.05, 0.1) is 5.69 Å². The Labute approximate surface area is 189 Å². The number of hydrogen-bond donors (Lipinski definition) is 1. The third kappa shape index (κ3) is 5.64. The summed E-state index contributed by atoms with van der Waals surface area (Å²) >= 11 is 4.96. The minimum Gasteiger partial charge on any atom is -0.302 e. The molecule has 0 radical (unpaired) electrons. The molecule has 0 saturated carbocycles. The Kier molecular flexibility index (Phi) is 7.56. The molecule has 6 heteroatoms. The smallest absolute Gasteiger partial charge is 0.226 e. The fourth-order valence-electron chi connectivity index (χ4n) is 3.10. The molecular formula is C24H25BrN2O2S. The van der Waals surface area contributed by atoms with Gasteiger partial charge in [-0.15, -0.1) is 11.3 Å². The number of anilines is 1. The number of carbonyl (C=O) groups excluding carboxylic acids is 2. The number of carbonyl (C=O) groups is 2. The number of hydrogen-bond acceptors (Lipinski definition) is 4. The van der Waals surface area contributed by atoms with E-state index in [9.17, 15) is 9.59 Å². The van der Waals surface area contributed by atoms with Gasteiger partial charge >= 0.3 is 0 Å². The first-order chi connectivity index (χ1) is 14.4. The predicted molar refractivity (Wildman–Crippen MR) is 127 cm³/mol. The number of thiazole rings is 1. The largest absolute Gasteiger partial charge is 0.302 e. The molecule has 156 valence electrons. The van der Waals surface area contributed by atoms with E-state index in [4.69, 9.17) is 0 Å². The number of rotatable bonds is 8. The Bertz CT molecular complexity index is 1060. The van der Waals surface area contributed by atoms with Gasteiger partial charge in [0, 0.05) is 33.3 Å². The predicted octanol–water partition coefficient (Wildman–Crippen LogP) is 6.74. The summed E-state index contributed by atoms with van der Waals surface area (Å²) in [5, 5.41) is 3.46. The van der Waals surface area contributed by atoms with Crippen molar-refractivity contribution >= 4 is 44.1 Å². The molecule has 0 aliphatic heterocycles. The first-order valence-electron chi connectivity index (χ1n) is 10.0. The summed E-state index contributed by atoms with van der Waals surface area (Å²) in [6, 6.07) is 13.7. The average molecular weight is 485 g/mol. The summed E-state index contributed by atoms with van der Waals surface area (Å²) in [6.45, 7) is 6.13. The topological polar surface area (TPSA) is 59.1 Å². The number of Topliss-reactive ketones (excluding diaryl/α,β-unsaturated/α-hetero) is 1. The van der Waals surface area contributed by atoms with Crippen molar-refractivity contribution in [3.63, 3.8) is 0 Å². The van der Waals surface area contributed by atoms with Crippen LogP contribution in [0.4, 0.5) is 5.13 Å². The van der Waals surface area contributed by atoms with Crippen LogP contribution in [0, 0.1) is 13.8 Å². The summed E-state index contributed by atoms with van der Waals surface area (Å²) in [7, 11) is 0. The molecule has 0 saturated heterocycles. The maximum atomic E-state index is 12.4. The first-order valence-corrected chi connectivity index (χ1v) is 11.6. The summed E-state index contributed by atoms with van der Waals surface area (Å²) < 4.78 is 1.01. The molecule has 0 bridgehead atoms. The van der Waals surface area contributed by atoms with E-state index < -0.39 is 0 Å². The maximum Gasteiger partial charge on any atom is 0.226 e. The van der Waals surface area contributed by atoms with E-state index in [-0.39, 0.29) is 24.5 Å². The number of halogens is 1. The van der Waals surface area contributed by atoms with Crippen LogP contribution in [0.25, 0.3) is 11.3 Å². The van der Waals surface area contributed by atoms with Crippen molar-refractivity contribution in [2.45, 2.75) is 46.5 Å². The molecule has 0 aliphatic carbocycles. The molecule has 0 fully saturated rings. The quantitative estimate of drug-likeness (QED) is 0.360. The molecule has 3 aromatic rings. The Morgan fingerprint density at radius 3 is 2.43 bits per heavy atom. The van der Waals surface area contributed by atoms with Crippen molar-refractivity contribution in [1.29, 1.82) is 0 Å². The molecule has 1 aromatic heterocycles. The van der Waals surface area contributed by atoms with Crippen LogP contribution >= 0.6 is 27.3 Å². The lowest BCUT2D eigenvalue weighted by molar-refractivity contribution is -0.116. The summed E-state index contributed by atoms with van der Waals surface area (Å²) in [5.41, 5.74) is 4.83. The Morgan fingerprint density at radius 1 is 1.03 bits per heavy atom. The van der Waals surface area contributed by atoms with Crippen molar-refractivity contribution < 1.29 is 9.59 Å². The third-order valence-corrected chi connectivity index (χ3v) is 6.51. The Morgan fingerprint density at radius 2 is 1.77 bits per heavy atom. The molecule has 4 nitrogen and oxygen atoms in total. The van der Waals surface area contributed by atoms with Crippen molar-refractivity contribution in [2.75, 3.05) is 5.32 Å². The van der Waals surface area contributed by atoms with E-state index in [0.717, 1.165) is 44.6 Å². The van der Waals surface area contributed by atoms with E-state index in [1.165, 1.54) is 11.3 Å². The number of nitrogens with zero attached hydrogens (tertiary/aromatic N) is 1. The van der Waals surface area contributed by atoms with Gasteiger partial charge in [0.15, 0.2) is 10.9 Å². The van der Waals surface area contributed by atoms with Gasteiger partial charge in [-0.3, -0.25) is 9.59 Å². The molecule has 1 N–H and O–H groups in total.